The summed E-state index contributed by atoms with van der Waals surface area (Å²) in [5.41, 5.74) is 1.48. The van der Waals surface area contributed by atoms with Crippen molar-refractivity contribution in [2.24, 2.45) is 0 Å². The number of amides is 1. The van der Waals surface area contributed by atoms with Gasteiger partial charge in [-0.2, -0.15) is 0 Å². The largest absolute Gasteiger partial charge is 0.365 e. The highest BCUT2D eigenvalue weighted by atomic mass is 19.1. The molecule has 0 saturated carbocycles. The first-order chi connectivity index (χ1) is 12.6. The molecule has 0 fully saturated rings. The topological polar surface area (TPSA) is 66.9 Å². The van der Waals surface area contributed by atoms with E-state index in [0.29, 0.717) is 23.7 Å². The molecular formula is C19H16F2N4O. The summed E-state index contributed by atoms with van der Waals surface area (Å²) in [6, 6.07) is 15.3. The molecule has 0 radical (unpaired) electrons. The molecule has 0 aliphatic rings. The Morgan fingerprint density at radius 3 is 2.27 bits per heavy atom. The molecule has 3 rings (SSSR count). The lowest BCUT2D eigenvalue weighted by Crippen LogP contribution is -2.16. The van der Waals surface area contributed by atoms with Gasteiger partial charge < -0.3 is 10.6 Å². The van der Waals surface area contributed by atoms with E-state index in [1.807, 2.05) is 0 Å². The van der Waals surface area contributed by atoms with Crippen molar-refractivity contribution in [3.05, 3.63) is 83.4 Å². The molecule has 0 spiro atoms. The highest BCUT2D eigenvalue weighted by Crippen LogP contribution is 2.10. The van der Waals surface area contributed by atoms with Crippen LogP contribution in [0.5, 0.6) is 0 Å². The zero-order chi connectivity index (χ0) is 18.4. The van der Waals surface area contributed by atoms with Gasteiger partial charge in [0.05, 0.1) is 6.42 Å². The van der Waals surface area contributed by atoms with Crippen molar-refractivity contribution in [2.75, 3.05) is 10.6 Å². The first-order valence-electron chi connectivity index (χ1n) is 7.95. The molecule has 2 aromatic carbocycles. The summed E-state index contributed by atoms with van der Waals surface area (Å²) in [5.74, 6) is -0.147. The molecule has 5 nitrogen and oxygen atoms in total. The number of nitrogens with zero attached hydrogens (tertiary/aromatic N) is 2. The van der Waals surface area contributed by atoms with Crippen LogP contribution in [0.3, 0.4) is 0 Å². The number of aromatic nitrogens is 2. The van der Waals surface area contributed by atoms with Gasteiger partial charge in [-0.15, -0.1) is 10.2 Å². The molecule has 26 heavy (non-hydrogen) atoms. The second kappa shape index (κ2) is 8.15. The predicted octanol–water partition coefficient (Wildman–Crippen LogP) is 3.55. The van der Waals surface area contributed by atoms with Crippen LogP contribution in [0.25, 0.3) is 0 Å². The van der Waals surface area contributed by atoms with Gasteiger partial charge >= 0.3 is 0 Å². The minimum absolute atomic E-state index is 0.0456. The smallest absolute Gasteiger partial charge is 0.229 e. The van der Waals surface area contributed by atoms with E-state index in [-0.39, 0.29) is 24.0 Å². The average Bonchev–Trinajstić information content (AvgIpc) is 2.62. The highest BCUT2D eigenvalue weighted by molar-refractivity contribution is 5.91. The summed E-state index contributed by atoms with van der Waals surface area (Å²) in [7, 11) is 0. The fourth-order valence-electron chi connectivity index (χ4n) is 2.31. The van der Waals surface area contributed by atoms with E-state index in [1.165, 1.54) is 24.3 Å². The molecule has 0 saturated heterocycles. The van der Waals surface area contributed by atoms with Crippen molar-refractivity contribution in [1.82, 2.24) is 10.2 Å². The van der Waals surface area contributed by atoms with Gasteiger partial charge in [0.15, 0.2) is 5.82 Å². The summed E-state index contributed by atoms with van der Waals surface area (Å²) < 4.78 is 26.0. The van der Waals surface area contributed by atoms with Crippen LogP contribution >= 0.6 is 0 Å². The molecule has 7 heteroatoms. The number of hydrogen-bond donors (Lipinski definition) is 2. The summed E-state index contributed by atoms with van der Waals surface area (Å²) in [4.78, 5) is 12.0. The predicted molar refractivity (Wildman–Crippen MR) is 94.5 cm³/mol. The van der Waals surface area contributed by atoms with Gasteiger partial charge in [0.1, 0.15) is 17.5 Å². The molecule has 3 aromatic rings. The second-order valence-electron chi connectivity index (χ2n) is 5.64. The van der Waals surface area contributed by atoms with Crippen molar-refractivity contribution in [2.45, 2.75) is 13.0 Å². The number of anilines is 2. The molecule has 1 heterocycles. The second-order valence-corrected chi connectivity index (χ2v) is 5.64. The maximum Gasteiger partial charge on any atom is 0.229 e. The van der Waals surface area contributed by atoms with Crippen LogP contribution in [0.1, 0.15) is 11.1 Å². The van der Waals surface area contributed by atoms with Gasteiger partial charge in [-0.1, -0.05) is 24.3 Å². The first-order valence-corrected chi connectivity index (χ1v) is 7.95. The van der Waals surface area contributed by atoms with E-state index < -0.39 is 0 Å². The zero-order valence-electron chi connectivity index (χ0n) is 13.7. The maximum atomic E-state index is 13.1. The fourth-order valence-corrected chi connectivity index (χ4v) is 2.31. The molecule has 1 amide bonds. The van der Waals surface area contributed by atoms with Gasteiger partial charge in [-0.3, -0.25) is 4.79 Å². The van der Waals surface area contributed by atoms with Gasteiger partial charge in [0.2, 0.25) is 5.91 Å². The minimum Gasteiger partial charge on any atom is -0.365 e. The van der Waals surface area contributed by atoms with E-state index in [2.05, 4.69) is 20.8 Å². The number of carbonyl (C=O) groups excluding carboxylic acids is 1. The van der Waals surface area contributed by atoms with Gasteiger partial charge in [-0.05, 0) is 47.5 Å². The molecule has 0 bridgehead atoms. The van der Waals surface area contributed by atoms with Crippen molar-refractivity contribution in [1.29, 1.82) is 0 Å². The third-order valence-electron chi connectivity index (χ3n) is 3.57. The molecule has 0 aliphatic carbocycles. The number of nitrogens with one attached hydrogen (secondary N) is 2. The number of rotatable bonds is 6. The van der Waals surface area contributed by atoms with E-state index in [4.69, 9.17) is 0 Å². The minimum atomic E-state index is -0.383. The number of hydrogen-bond acceptors (Lipinski definition) is 4. The maximum absolute atomic E-state index is 13.1. The van der Waals surface area contributed by atoms with Crippen LogP contribution in [-0.2, 0) is 17.8 Å². The average molecular weight is 354 g/mol. The van der Waals surface area contributed by atoms with E-state index in [9.17, 15) is 13.6 Å². The molecule has 132 valence electrons. The van der Waals surface area contributed by atoms with Crippen molar-refractivity contribution >= 4 is 17.5 Å². The fraction of sp³-hybridized carbons (Fsp3) is 0.105. The standard InChI is InChI=1S/C19H16F2N4O/c20-15-6-4-13(5-7-15)12-22-17-8-9-18(25-24-17)23-19(26)11-14-2-1-3-16(21)10-14/h1-10H,11-12H2,(H,22,24)(H,23,25,26). The third-order valence-corrected chi connectivity index (χ3v) is 3.57. The Labute approximate surface area is 149 Å². The van der Waals surface area contributed by atoms with Gasteiger partial charge in [-0.25, -0.2) is 8.78 Å². The molecule has 0 aliphatic heterocycles. The highest BCUT2D eigenvalue weighted by Gasteiger charge is 2.06. The summed E-state index contributed by atoms with van der Waals surface area (Å²) >= 11 is 0. The van der Waals surface area contributed by atoms with Crippen LogP contribution < -0.4 is 10.6 Å². The van der Waals surface area contributed by atoms with Crippen LogP contribution in [0.15, 0.2) is 60.7 Å². The van der Waals surface area contributed by atoms with Crippen molar-refractivity contribution < 1.29 is 13.6 Å². The van der Waals surface area contributed by atoms with Crippen LogP contribution in [0, 0.1) is 11.6 Å². The Kier molecular flexibility index (Phi) is 5.48. The van der Waals surface area contributed by atoms with Crippen LogP contribution in [0.2, 0.25) is 0 Å². The molecular weight excluding hydrogens is 338 g/mol. The lowest BCUT2D eigenvalue weighted by atomic mass is 10.1. The lowest BCUT2D eigenvalue weighted by molar-refractivity contribution is -0.115. The van der Waals surface area contributed by atoms with Crippen molar-refractivity contribution in [3.63, 3.8) is 0 Å². The van der Waals surface area contributed by atoms with Crippen LogP contribution in [-0.4, -0.2) is 16.1 Å². The zero-order valence-corrected chi connectivity index (χ0v) is 13.7. The molecule has 2 N–H and O–H groups in total. The molecule has 0 unspecified atom stereocenters. The molecule has 0 atom stereocenters. The van der Waals surface area contributed by atoms with E-state index in [0.717, 1.165) is 5.56 Å². The third kappa shape index (κ3) is 5.07. The Hall–Kier alpha value is -3.35. The number of halogens is 2. The lowest BCUT2D eigenvalue weighted by Gasteiger charge is -2.07. The first kappa shape index (κ1) is 17.5. The Morgan fingerprint density at radius 1 is 0.846 bits per heavy atom. The molecule has 1 aromatic heterocycles. The summed E-state index contributed by atoms with van der Waals surface area (Å²) in [6.45, 7) is 0.472. The number of carbonyl (C=O) groups is 1. The van der Waals surface area contributed by atoms with E-state index in [1.54, 1.807) is 36.4 Å². The van der Waals surface area contributed by atoms with Gasteiger partial charge in [0.25, 0.3) is 0 Å². The van der Waals surface area contributed by atoms with Gasteiger partial charge in [0, 0.05) is 6.54 Å². The Balaban J connectivity index is 1.52. The summed E-state index contributed by atoms with van der Waals surface area (Å²) in [6.07, 6.45) is 0.0456. The van der Waals surface area contributed by atoms with Crippen molar-refractivity contribution in [3.8, 4) is 0 Å². The van der Waals surface area contributed by atoms with E-state index >= 15 is 0 Å². The summed E-state index contributed by atoms with van der Waals surface area (Å²) in [5, 5.41) is 13.6. The Bertz CT molecular complexity index is 883. The van der Waals surface area contributed by atoms with Crippen LogP contribution in [0.4, 0.5) is 20.4 Å². The number of benzene rings is 2. The Morgan fingerprint density at radius 2 is 1.58 bits per heavy atom. The normalized spacial score (nSPS) is 10.4. The quantitative estimate of drug-likeness (QED) is 0.710. The monoisotopic (exact) mass is 354 g/mol. The SMILES string of the molecule is O=C(Cc1cccc(F)c1)Nc1ccc(NCc2ccc(F)cc2)nn1.